The highest BCUT2D eigenvalue weighted by molar-refractivity contribution is 7.73. The minimum absolute atomic E-state index is 0.583. The summed E-state index contributed by atoms with van der Waals surface area (Å²) in [6.45, 7) is 6.49. The molecule has 84 valence electrons. The minimum Gasteiger partial charge on any atom is -0.341 e. The van der Waals surface area contributed by atoms with E-state index in [1.54, 1.807) is 11.3 Å². The molecule has 0 saturated heterocycles. The number of thiazole rings is 1. The van der Waals surface area contributed by atoms with Gasteiger partial charge in [0.2, 0.25) is 0 Å². The molecule has 3 heteroatoms. The molecule has 0 bridgehead atoms. The molecular weight excluding hydrogens is 234 g/mol. The first-order valence-corrected chi connectivity index (χ1v) is 6.60. The Kier molecular flexibility index (Phi) is 3.26. The van der Waals surface area contributed by atoms with Gasteiger partial charge < -0.3 is 4.98 Å². The Balaban J connectivity index is 2.42. The van der Waals surface area contributed by atoms with Crippen molar-refractivity contribution in [3.05, 3.63) is 39.5 Å². The van der Waals surface area contributed by atoms with Crippen LogP contribution >= 0.6 is 23.6 Å². The number of rotatable bonds is 2. The second kappa shape index (κ2) is 4.52. The van der Waals surface area contributed by atoms with Crippen LogP contribution in [0, 0.1) is 10.9 Å². The van der Waals surface area contributed by atoms with E-state index in [4.69, 9.17) is 12.2 Å². The van der Waals surface area contributed by atoms with Crippen molar-refractivity contribution in [2.45, 2.75) is 26.7 Å². The van der Waals surface area contributed by atoms with E-state index < -0.39 is 0 Å². The summed E-state index contributed by atoms with van der Waals surface area (Å²) < 4.78 is 0.848. The van der Waals surface area contributed by atoms with Gasteiger partial charge in [0.25, 0.3) is 0 Å². The van der Waals surface area contributed by atoms with Crippen molar-refractivity contribution >= 4 is 23.6 Å². The SMILES string of the molecule is Cc1[nH]c(=S)sc1-c1ccc(C(C)C)cc1. The normalized spacial score (nSPS) is 11.0. The average molecular weight is 249 g/mol. The molecule has 0 amide bonds. The summed E-state index contributed by atoms with van der Waals surface area (Å²) in [6, 6.07) is 8.75. The van der Waals surface area contributed by atoms with Gasteiger partial charge in [-0.05, 0) is 36.2 Å². The lowest BCUT2D eigenvalue weighted by Crippen LogP contribution is -1.86. The number of hydrogen-bond donors (Lipinski definition) is 1. The molecule has 1 aromatic heterocycles. The van der Waals surface area contributed by atoms with Crippen LogP contribution in [0.4, 0.5) is 0 Å². The molecular formula is C13H15NS2. The molecule has 0 aliphatic heterocycles. The van der Waals surface area contributed by atoms with Crippen LogP contribution in [0.25, 0.3) is 10.4 Å². The van der Waals surface area contributed by atoms with E-state index in [0.717, 1.165) is 9.65 Å². The van der Waals surface area contributed by atoms with Gasteiger partial charge in [0.05, 0.1) is 4.88 Å². The zero-order valence-corrected chi connectivity index (χ0v) is 11.3. The Morgan fingerprint density at radius 3 is 2.25 bits per heavy atom. The van der Waals surface area contributed by atoms with Gasteiger partial charge >= 0.3 is 0 Å². The predicted octanol–water partition coefficient (Wildman–Crippen LogP) is 4.90. The molecule has 1 heterocycles. The Labute approximate surface area is 105 Å². The minimum atomic E-state index is 0.583. The summed E-state index contributed by atoms with van der Waals surface area (Å²) in [4.78, 5) is 4.43. The van der Waals surface area contributed by atoms with E-state index in [0.29, 0.717) is 5.92 Å². The summed E-state index contributed by atoms with van der Waals surface area (Å²) in [7, 11) is 0. The van der Waals surface area contributed by atoms with Crippen LogP contribution in [0.1, 0.15) is 31.0 Å². The van der Waals surface area contributed by atoms with Crippen LogP contribution in [0.5, 0.6) is 0 Å². The third-order valence-electron chi connectivity index (χ3n) is 2.66. The van der Waals surface area contributed by atoms with E-state index >= 15 is 0 Å². The molecule has 0 aliphatic carbocycles. The number of aryl methyl sites for hydroxylation is 1. The van der Waals surface area contributed by atoms with Crippen molar-refractivity contribution in [2.75, 3.05) is 0 Å². The molecule has 0 fully saturated rings. The summed E-state index contributed by atoms with van der Waals surface area (Å²) >= 11 is 6.79. The van der Waals surface area contributed by atoms with Gasteiger partial charge in [-0.2, -0.15) is 0 Å². The van der Waals surface area contributed by atoms with E-state index in [-0.39, 0.29) is 0 Å². The largest absolute Gasteiger partial charge is 0.341 e. The van der Waals surface area contributed by atoms with Gasteiger partial charge in [0.1, 0.15) is 0 Å². The van der Waals surface area contributed by atoms with Crippen LogP contribution < -0.4 is 0 Å². The Bertz CT molecular complexity index is 532. The van der Waals surface area contributed by atoms with Crippen LogP contribution in [0.3, 0.4) is 0 Å². The lowest BCUT2D eigenvalue weighted by Gasteiger charge is -2.06. The molecule has 1 aromatic carbocycles. The molecule has 0 unspecified atom stereocenters. The lowest BCUT2D eigenvalue weighted by molar-refractivity contribution is 0.867. The Morgan fingerprint density at radius 1 is 1.19 bits per heavy atom. The first kappa shape index (κ1) is 11.6. The molecule has 0 spiro atoms. The molecule has 2 aromatic rings. The summed E-state index contributed by atoms with van der Waals surface area (Å²) in [5.74, 6) is 0.583. The zero-order chi connectivity index (χ0) is 11.7. The summed E-state index contributed by atoms with van der Waals surface area (Å²) in [5.41, 5.74) is 3.78. The average Bonchev–Trinajstić information content (AvgIpc) is 2.58. The number of aromatic nitrogens is 1. The lowest BCUT2D eigenvalue weighted by atomic mass is 10.0. The smallest absolute Gasteiger partial charge is 0.159 e. The van der Waals surface area contributed by atoms with Crippen molar-refractivity contribution < 1.29 is 0 Å². The van der Waals surface area contributed by atoms with Crippen LogP contribution in [-0.4, -0.2) is 4.98 Å². The number of nitrogens with one attached hydrogen (secondary N) is 1. The second-order valence-electron chi connectivity index (χ2n) is 4.25. The van der Waals surface area contributed by atoms with Gasteiger partial charge in [0.15, 0.2) is 3.95 Å². The van der Waals surface area contributed by atoms with E-state index in [1.807, 2.05) is 0 Å². The standard InChI is InChI=1S/C13H15NS2/c1-8(2)10-4-6-11(7-5-10)12-9(3)14-13(15)16-12/h4-8H,1-3H3,(H,14,15). The number of hydrogen-bond acceptors (Lipinski definition) is 2. The van der Waals surface area contributed by atoms with E-state index in [1.165, 1.54) is 16.0 Å². The molecule has 1 nitrogen and oxygen atoms in total. The first-order valence-electron chi connectivity index (χ1n) is 5.38. The highest BCUT2D eigenvalue weighted by Crippen LogP contribution is 2.29. The maximum atomic E-state index is 5.15. The Hall–Kier alpha value is -0.930. The van der Waals surface area contributed by atoms with Gasteiger partial charge in [-0.15, -0.1) is 11.3 Å². The van der Waals surface area contributed by atoms with Gasteiger partial charge in [-0.25, -0.2) is 0 Å². The quantitative estimate of drug-likeness (QED) is 0.748. The van der Waals surface area contributed by atoms with Crippen molar-refractivity contribution in [2.24, 2.45) is 0 Å². The molecule has 0 aliphatic rings. The third kappa shape index (κ3) is 2.25. The zero-order valence-electron chi connectivity index (χ0n) is 9.70. The fourth-order valence-corrected chi connectivity index (χ4v) is 2.95. The van der Waals surface area contributed by atoms with Crippen molar-refractivity contribution in [3.8, 4) is 10.4 Å². The second-order valence-corrected chi connectivity index (χ2v) is 5.93. The van der Waals surface area contributed by atoms with Gasteiger partial charge in [-0.1, -0.05) is 38.1 Å². The van der Waals surface area contributed by atoms with Gasteiger partial charge in [-0.3, -0.25) is 0 Å². The summed E-state index contributed by atoms with van der Waals surface area (Å²) in [6.07, 6.45) is 0. The topological polar surface area (TPSA) is 15.8 Å². The number of aromatic amines is 1. The van der Waals surface area contributed by atoms with Gasteiger partial charge in [0, 0.05) is 5.69 Å². The monoisotopic (exact) mass is 249 g/mol. The Morgan fingerprint density at radius 2 is 1.81 bits per heavy atom. The molecule has 0 atom stereocenters. The molecule has 2 rings (SSSR count). The van der Waals surface area contributed by atoms with Crippen LogP contribution in [0.2, 0.25) is 0 Å². The fourth-order valence-electron chi connectivity index (χ4n) is 1.70. The van der Waals surface area contributed by atoms with Crippen molar-refractivity contribution in [3.63, 3.8) is 0 Å². The molecule has 0 saturated carbocycles. The van der Waals surface area contributed by atoms with Crippen LogP contribution in [0.15, 0.2) is 24.3 Å². The molecule has 16 heavy (non-hydrogen) atoms. The maximum absolute atomic E-state index is 5.15. The van der Waals surface area contributed by atoms with Crippen molar-refractivity contribution in [1.29, 1.82) is 0 Å². The van der Waals surface area contributed by atoms with E-state index in [9.17, 15) is 0 Å². The van der Waals surface area contributed by atoms with Crippen LogP contribution in [-0.2, 0) is 0 Å². The van der Waals surface area contributed by atoms with E-state index in [2.05, 4.69) is 50.0 Å². The highest BCUT2D eigenvalue weighted by Gasteiger charge is 2.05. The first-order chi connectivity index (χ1) is 7.58. The highest BCUT2D eigenvalue weighted by atomic mass is 32.1. The third-order valence-corrected chi connectivity index (χ3v) is 4.05. The fraction of sp³-hybridized carbons (Fsp3) is 0.308. The predicted molar refractivity (Wildman–Crippen MR) is 73.8 cm³/mol. The van der Waals surface area contributed by atoms with Crippen molar-refractivity contribution in [1.82, 2.24) is 4.98 Å². The number of benzene rings is 1. The molecule has 0 radical (unpaired) electrons. The molecule has 1 N–H and O–H groups in total. The number of H-pyrrole nitrogens is 1. The maximum Gasteiger partial charge on any atom is 0.159 e. The summed E-state index contributed by atoms with van der Waals surface area (Å²) in [5, 5.41) is 0.